The van der Waals surface area contributed by atoms with Crippen molar-refractivity contribution in [1.82, 2.24) is 14.5 Å². The van der Waals surface area contributed by atoms with Gasteiger partial charge in [0.15, 0.2) is 0 Å². The number of fused-ring (bicyclic) bond motifs is 1. The highest BCUT2D eigenvalue weighted by molar-refractivity contribution is 7.92. The average Bonchev–Trinajstić information content (AvgIpc) is 2.62. The molecule has 0 aliphatic rings. The number of rotatable bonds is 6. The van der Waals surface area contributed by atoms with Crippen LogP contribution in [0.15, 0.2) is 41.3 Å². The zero-order valence-corrected chi connectivity index (χ0v) is 17.0. The first-order chi connectivity index (χ1) is 13.2. The minimum Gasteiger partial charge on any atom is -0.324 e. The predicted octanol–water partition coefficient (Wildman–Crippen LogP) is 3.19. The smallest absolute Gasteiger partial charge is 0.252 e. The topological polar surface area (TPSA) is 106 Å². The fraction of sp³-hybridized carbons (Fsp3) is 0.316. The van der Waals surface area contributed by atoms with Crippen LogP contribution in [0.3, 0.4) is 0 Å². The third kappa shape index (κ3) is 4.30. The average molecular weight is 401 g/mol. The van der Waals surface area contributed by atoms with Crippen LogP contribution in [0.5, 0.6) is 0 Å². The summed E-state index contributed by atoms with van der Waals surface area (Å²) in [6.45, 7) is 5.80. The second-order valence-electron chi connectivity index (χ2n) is 6.80. The monoisotopic (exact) mass is 401 g/mol. The Bertz CT molecular complexity index is 1190. The molecule has 0 aliphatic heterocycles. The van der Waals surface area contributed by atoms with Crippen molar-refractivity contribution in [1.29, 1.82) is 0 Å². The van der Waals surface area contributed by atoms with Crippen LogP contribution >= 0.6 is 0 Å². The second-order valence-corrected chi connectivity index (χ2v) is 8.55. The lowest BCUT2D eigenvalue weighted by Gasteiger charge is -2.16. The zero-order chi connectivity index (χ0) is 20.5. The molecular weight excluding hydrogens is 378 g/mol. The number of sulfonamides is 1. The summed E-state index contributed by atoms with van der Waals surface area (Å²) in [5.74, 6) is 0.323. The fourth-order valence-corrected chi connectivity index (χ4v) is 3.47. The first-order valence-corrected chi connectivity index (χ1v) is 10.8. The van der Waals surface area contributed by atoms with Crippen molar-refractivity contribution in [2.75, 3.05) is 16.3 Å². The number of aromatic nitrogens is 3. The van der Waals surface area contributed by atoms with Gasteiger partial charge in [-0.2, -0.15) is 4.98 Å². The first-order valence-electron chi connectivity index (χ1n) is 8.91. The number of nitrogens with one attached hydrogen (secondary N) is 2. The summed E-state index contributed by atoms with van der Waals surface area (Å²) in [5, 5.41) is 3.85. The third-order valence-electron chi connectivity index (χ3n) is 4.49. The van der Waals surface area contributed by atoms with Gasteiger partial charge in [0.1, 0.15) is 5.65 Å². The van der Waals surface area contributed by atoms with Crippen molar-refractivity contribution < 1.29 is 8.42 Å². The lowest BCUT2D eigenvalue weighted by atomic mass is 10.2. The molecule has 2 N–H and O–H groups in total. The van der Waals surface area contributed by atoms with E-state index in [4.69, 9.17) is 0 Å². The van der Waals surface area contributed by atoms with Gasteiger partial charge in [-0.3, -0.25) is 14.1 Å². The highest BCUT2D eigenvalue weighted by Crippen LogP contribution is 2.24. The molecular formula is C19H23N5O3S. The van der Waals surface area contributed by atoms with Gasteiger partial charge in [0.25, 0.3) is 5.56 Å². The van der Waals surface area contributed by atoms with Gasteiger partial charge in [-0.05, 0) is 44.0 Å². The lowest BCUT2D eigenvalue weighted by molar-refractivity contribution is 0.528. The molecule has 1 aromatic carbocycles. The standard InChI is InChI=1S/C19H23N5O3S/c1-5-13(3)24-17(25)9-7-14-11-20-19(22-18(14)24)21-15-8-6-12(2)16(10-15)23-28(4,26)27/h6-11,13,23H,5H2,1-4H3,(H,20,21,22). The van der Waals surface area contributed by atoms with Crippen molar-refractivity contribution in [3.05, 3.63) is 52.4 Å². The van der Waals surface area contributed by atoms with Crippen LogP contribution < -0.4 is 15.6 Å². The number of benzene rings is 1. The van der Waals surface area contributed by atoms with Crippen molar-refractivity contribution in [2.45, 2.75) is 33.2 Å². The summed E-state index contributed by atoms with van der Waals surface area (Å²) in [6, 6.07) is 8.52. The Labute approximate surface area is 163 Å². The van der Waals surface area contributed by atoms with E-state index in [1.54, 1.807) is 29.0 Å². The zero-order valence-electron chi connectivity index (χ0n) is 16.2. The summed E-state index contributed by atoms with van der Waals surface area (Å²) in [5.41, 5.74) is 2.35. The Morgan fingerprint density at radius 1 is 1.21 bits per heavy atom. The summed E-state index contributed by atoms with van der Waals surface area (Å²) in [6.07, 6.45) is 3.56. The Hall–Kier alpha value is -2.94. The van der Waals surface area contributed by atoms with E-state index in [0.29, 0.717) is 23.0 Å². The quantitative estimate of drug-likeness (QED) is 0.657. The van der Waals surface area contributed by atoms with E-state index in [1.807, 2.05) is 26.8 Å². The largest absolute Gasteiger partial charge is 0.324 e. The summed E-state index contributed by atoms with van der Waals surface area (Å²) in [7, 11) is -3.39. The summed E-state index contributed by atoms with van der Waals surface area (Å²) < 4.78 is 27.2. The van der Waals surface area contributed by atoms with Gasteiger partial charge in [-0.15, -0.1) is 0 Å². The van der Waals surface area contributed by atoms with E-state index in [2.05, 4.69) is 20.0 Å². The minimum absolute atomic E-state index is 0.00360. The number of hydrogen-bond donors (Lipinski definition) is 2. The van der Waals surface area contributed by atoms with Crippen LogP contribution in [-0.2, 0) is 10.0 Å². The molecule has 28 heavy (non-hydrogen) atoms. The molecule has 3 rings (SSSR count). The molecule has 2 aromatic heterocycles. The molecule has 1 unspecified atom stereocenters. The highest BCUT2D eigenvalue weighted by atomic mass is 32.2. The number of nitrogens with zero attached hydrogens (tertiary/aromatic N) is 3. The molecule has 0 bridgehead atoms. The van der Waals surface area contributed by atoms with Crippen molar-refractivity contribution in [2.24, 2.45) is 0 Å². The molecule has 0 aliphatic carbocycles. The lowest BCUT2D eigenvalue weighted by Crippen LogP contribution is -2.23. The first kappa shape index (κ1) is 19.8. The molecule has 0 saturated carbocycles. The van der Waals surface area contributed by atoms with E-state index in [0.717, 1.165) is 23.6 Å². The Balaban J connectivity index is 2.01. The van der Waals surface area contributed by atoms with Gasteiger partial charge in [-0.25, -0.2) is 13.4 Å². The van der Waals surface area contributed by atoms with Crippen LogP contribution in [0.2, 0.25) is 0 Å². The second kappa shape index (κ2) is 7.59. The van der Waals surface area contributed by atoms with Crippen molar-refractivity contribution >= 4 is 38.4 Å². The van der Waals surface area contributed by atoms with E-state index < -0.39 is 10.0 Å². The molecule has 1 atom stereocenters. The molecule has 0 saturated heterocycles. The van der Waals surface area contributed by atoms with Gasteiger partial charge >= 0.3 is 0 Å². The number of anilines is 3. The van der Waals surface area contributed by atoms with Crippen LogP contribution in [0.25, 0.3) is 11.0 Å². The van der Waals surface area contributed by atoms with E-state index in [-0.39, 0.29) is 11.6 Å². The molecule has 0 fully saturated rings. The van der Waals surface area contributed by atoms with Crippen LogP contribution in [0.1, 0.15) is 31.9 Å². The molecule has 9 heteroatoms. The van der Waals surface area contributed by atoms with E-state index in [9.17, 15) is 13.2 Å². The molecule has 0 spiro atoms. The summed E-state index contributed by atoms with van der Waals surface area (Å²) in [4.78, 5) is 21.2. The third-order valence-corrected chi connectivity index (χ3v) is 5.08. The molecule has 148 valence electrons. The van der Waals surface area contributed by atoms with Crippen LogP contribution in [-0.4, -0.2) is 29.2 Å². The molecule has 3 aromatic rings. The predicted molar refractivity (Wildman–Crippen MR) is 112 cm³/mol. The SMILES string of the molecule is CCC(C)n1c(=O)ccc2cnc(Nc3ccc(C)c(NS(C)(=O)=O)c3)nc21. The van der Waals surface area contributed by atoms with E-state index in [1.165, 1.54) is 6.07 Å². The van der Waals surface area contributed by atoms with Gasteiger partial charge in [0, 0.05) is 29.4 Å². The maximum atomic E-state index is 12.3. The van der Waals surface area contributed by atoms with Gasteiger partial charge in [0.2, 0.25) is 16.0 Å². The van der Waals surface area contributed by atoms with Gasteiger partial charge < -0.3 is 5.32 Å². The molecule has 8 nitrogen and oxygen atoms in total. The van der Waals surface area contributed by atoms with Crippen molar-refractivity contribution in [3.8, 4) is 0 Å². The maximum absolute atomic E-state index is 12.3. The van der Waals surface area contributed by atoms with Crippen LogP contribution in [0.4, 0.5) is 17.3 Å². The number of aryl methyl sites for hydroxylation is 1. The van der Waals surface area contributed by atoms with Gasteiger partial charge in [-0.1, -0.05) is 13.0 Å². The maximum Gasteiger partial charge on any atom is 0.252 e. The van der Waals surface area contributed by atoms with Crippen molar-refractivity contribution in [3.63, 3.8) is 0 Å². The Kier molecular flexibility index (Phi) is 5.37. The highest BCUT2D eigenvalue weighted by Gasteiger charge is 2.12. The number of hydrogen-bond acceptors (Lipinski definition) is 6. The normalized spacial score (nSPS) is 12.7. The minimum atomic E-state index is -3.39. The Morgan fingerprint density at radius 3 is 2.64 bits per heavy atom. The fourth-order valence-electron chi connectivity index (χ4n) is 2.85. The van der Waals surface area contributed by atoms with E-state index >= 15 is 0 Å². The summed E-state index contributed by atoms with van der Waals surface area (Å²) >= 11 is 0. The van der Waals surface area contributed by atoms with Gasteiger partial charge in [0.05, 0.1) is 11.9 Å². The molecule has 2 heterocycles. The molecule has 0 radical (unpaired) electrons. The van der Waals surface area contributed by atoms with Crippen LogP contribution in [0, 0.1) is 6.92 Å². The number of pyridine rings is 1. The molecule has 0 amide bonds. The Morgan fingerprint density at radius 2 is 1.96 bits per heavy atom.